The van der Waals surface area contributed by atoms with Crippen LogP contribution in [0.1, 0.15) is 23.6 Å². The summed E-state index contributed by atoms with van der Waals surface area (Å²) in [6.07, 6.45) is 2.74. The molecular formula is C24H21N5O2S. The van der Waals surface area contributed by atoms with Gasteiger partial charge in [-0.25, -0.2) is 9.67 Å². The number of anilines is 1. The lowest BCUT2D eigenvalue weighted by Crippen LogP contribution is -2.33. The van der Waals surface area contributed by atoms with Gasteiger partial charge in [0.15, 0.2) is 10.8 Å². The molecule has 32 heavy (non-hydrogen) atoms. The minimum Gasteiger partial charge on any atom is -0.312 e. The van der Waals surface area contributed by atoms with Crippen molar-refractivity contribution in [2.24, 2.45) is 0 Å². The number of benzene rings is 2. The Hall–Kier alpha value is -3.39. The Morgan fingerprint density at radius 1 is 1.16 bits per heavy atom. The molecule has 0 radical (unpaired) electrons. The number of aromatic nitrogens is 4. The Labute approximate surface area is 188 Å². The highest BCUT2D eigenvalue weighted by atomic mass is 32.2. The summed E-state index contributed by atoms with van der Waals surface area (Å²) in [5.41, 5.74) is 4.63. The van der Waals surface area contributed by atoms with Crippen LogP contribution in [0.5, 0.6) is 0 Å². The Morgan fingerprint density at radius 3 is 2.81 bits per heavy atom. The second-order valence-electron chi connectivity index (χ2n) is 8.29. The highest BCUT2D eigenvalue weighted by Crippen LogP contribution is 2.35. The van der Waals surface area contributed by atoms with Crippen molar-refractivity contribution in [2.75, 3.05) is 17.2 Å². The fourth-order valence-corrected chi connectivity index (χ4v) is 5.70. The second kappa shape index (κ2) is 7.34. The van der Waals surface area contributed by atoms with Crippen molar-refractivity contribution in [1.29, 1.82) is 0 Å². The highest BCUT2D eigenvalue weighted by molar-refractivity contribution is 7.99. The predicted molar refractivity (Wildman–Crippen MR) is 125 cm³/mol. The molecule has 0 N–H and O–H groups in total. The zero-order valence-electron chi connectivity index (χ0n) is 17.6. The SMILES string of the molecule is Cc1ccc(-n2ncc3c(=O)n4c(nc32)SCC4CC(=O)N2CCc3ccccc32)cc1. The van der Waals surface area contributed by atoms with Crippen LogP contribution >= 0.6 is 11.8 Å². The standard InChI is InChI=1S/C24H21N5O2S/c1-15-6-8-17(9-7-15)29-22-19(13-25-29)23(31)28-18(14-32-24(28)26-22)12-21(30)27-11-10-16-4-2-3-5-20(16)27/h2-9,13,18H,10-12,14H2,1H3. The highest BCUT2D eigenvalue weighted by Gasteiger charge is 2.32. The first kappa shape index (κ1) is 19.3. The molecule has 0 aliphatic carbocycles. The van der Waals surface area contributed by atoms with Crippen LogP contribution in [0.2, 0.25) is 0 Å². The minimum absolute atomic E-state index is 0.0516. The molecular weight excluding hydrogens is 422 g/mol. The van der Waals surface area contributed by atoms with Crippen LogP contribution in [0.15, 0.2) is 64.7 Å². The molecule has 7 nitrogen and oxygen atoms in total. The van der Waals surface area contributed by atoms with Crippen LogP contribution in [0.25, 0.3) is 16.7 Å². The third-order valence-corrected chi connectivity index (χ3v) is 7.35. The first-order valence-corrected chi connectivity index (χ1v) is 11.7. The first-order valence-electron chi connectivity index (χ1n) is 10.7. The van der Waals surface area contributed by atoms with E-state index in [9.17, 15) is 9.59 Å². The van der Waals surface area contributed by atoms with E-state index in [-0.39, 0.29) is 23.9 Å². The largest absolute Gasteiger partial charge is 0.312 e. The van der Waals surface area contributed by atoms with Gasteiger partial charge in [-0.2, -0.15) is 5.10 Å². The molecule has 160 valence electrons. The van der Waals surface area contributed by atoms with E-state index in [1.807, 2.05) is 54.3 Å². The lowest BCUT2D eigenvalue weighted by molar-refractivity contribution is -0.119. The smallest absolute Gasteiger partial charge is 0.265 e. The zero-order chi connectivity index (χ0) is 21.8. The van der Waals surface area contributed by atoms with Crippen molar-refractivity contribution >= 4 is 34.4 Å². The van der Waals surface area contributed by atoms with Crippen LogP contribution in [-0.4, -0.2) is 37.5 Å². The molecule has 6 rings (SSSR count). The molecule has 1 amide bonds. The van der Waals surface area contributed by atoms with Crippen LogP contribution in [0.3, 0.4) is 0 Å². The summed E-state index contributed by atoms with van der Waals surface area (Å²) in [6, 6.07) is 15.8. The van der Waals surface area contributed by atoms with Gasteiger partial charge in [-0.15, -0.1) is 0 Å². The number of fused-ring (bicyclic) bond motifs is 3. The molecule has 0 saturated heterocycles. The third-order valence-electron chi connectivity index (χ3n) is 6.25. The molecule has 2 aliphatic rings. The minimum atomic E-state index is -0.206. The van der Waals surface area contributed by atoms with E-state index in [1.54, 1.807) is 15.4 Å². The molecule has 4 aromatic rings. The number of nitrogens with zero attached hydrogens (tertiary/aromatic N) is 5. The lowest BCUT2D eigenvalue weighted by atomic mass is 10.1. The molecule has 2 aromatic heterocycles. The van der Waals surface area contributed by atoms with Gasteiger partial charge in [0.1, 0.15) is 5.39 Å². The van der Waals surface area contributed by atoms with Gasteiger partial charge in [0, 0.05) is 24.4 Å². The van der Waals surface area contributed by atoms with E-state index < -0.39 is 0 Å². The van der Waals surface area contributed by atoms with Gasteiger partial charge < -0.3 is 4.90 Å². The van der Waals surface area contributed by atoms with Gasteiger partial charge >= 0.3 is 0 Å². The average Bonchev–Trinajstić information content (AvgIpc) is 3.52. The van der Waals surface area contributed by atoms with Crippen LogP contribution < -0.4 is 10.5 Å². The van der Waals surface area contributed by atoms with Crippen molar-refractivity contribution in [2.45, 2.75) is 31.0 Å². The van der Waals surface area contributed by atoms with E-state index >= 15 is 0 Å². The van der Waals surface area contributed by atoms with E-state index in [2.05, 4.69) is 11.2 Å². The fraction of sp³-hybridized carbons (Fsp3) is 0.250. The van der Waals surface area contributed by atoms with Crippen molar-refractivity contribution in [3.63, 3.8) is 0 Å². The maximum absolute atomic E-state index is 13.4. The first-order chi connectivity index (χ1) is 15.6. The predicted octanol–water partition coefficient (Wildman–Crippen LogP) is 3.52. The summed E-state index contributed by atoms with van der Waals surface area (Å²) in [7, 11) is 0. The normalized spacial score (nSPS) is 17.0. The number of rotatable bonds is 3. The van der Waals surface area contributed by atoms with Crippen molar-refractivity contribution in [1.82, 2.24) is 19.3 Å². The summed E-state index contributed by atoms with van der Waals surface area (Å²) in [6.45, 7) is 2.72. The Balaban J connectivity index is 1.33. The maximum atomic E-state index is 13.4. The van der Waals surface area contributed by atoms with Crippen molar-refractivity contribution < 1.29 is 4.79 Å². The summed E-state index contributed by atoms with van der Waals surface area (Å²) in [4.78, 5) is 33.1. The van der Waals surface area contributed by atoms with E-state index in [4.69, 9.17) is 4.98 Å². The number of amides is 1. The van der Waals surface area contributed by atoms with Gasteiger partial charge in [-0.3, -0.25) is 14.2 Å². The molecule has 0 bridgehead atoms. The molecule has 8 heteroatoms. The van der Waals surface area contributed by atoms with Gasteiger partial charge in [-0.05, 0) is 37.1 Å². The molecule has 0 fully saturated rings. The Bertz CT molecular complexity index is 1420. The molecule has 0 saturated carbocycles. The van der Waals surface area contributed by atoms with Crippen LogP contribution in [-0.2, 0) is 11.2 Å². The monoisotopic (exact) mass is 443 g/mol. The number of carbonyl (C=O) groups excluding carboxylic acids is 1. The number of hydrogen-bond donors (Lipinski definition) is 0. The van der Waals surface area contributed by atoms with Gasteiger partial charge in [0.05, 0.1) is 17.9 Å². The number of aryl methyl sites for hydroxylation is 1. The quantitative estimate of drug-likeness (QED) is 0.453. The maximum Gasteiger partial charge on any atom is 0.265 e. The van der Waals surface area contributed by atoms with Crippen LogP contribution in [0.4, 0.5) is 5.69 Å². The molecule has 1 unspecified atom stereocenters. The lowest BCUT2D eigenvalue weighted by Gasteiger charge is -2.20. The molecule has 0 spiro atoms. The Morgan fingerprint density at radius 2 is 1.97 bits per heavy atom. The van der Waals surface area contributed by atoms with Crippen molar-refractivity contribution in [3.8, 4) is 5.69 Å². The molecule has 4 heterocycles. The second-order valence-corrected chi connectivity index (χ2v) is 9.28. The van der Waals surface area contributed by atoms with E-state index in [0.717, 1.165) is 23.4 Å². The third kappa shape index (κ3) is 2.97. The average molecular weight is 444 g/mol. The summed E-state index contributed by atoms with van der Waals surface area (Å²) >= 11 is 1.52. The topological polar surface area (TPSA) is 73.0 Å². The van der Waals surface area contributed by atoms with Gasteiger partial charge in [-0.1, -0.05) is 47.7 Å². The zero-order valence-corrected chi connectivity index (χ0v) is 18.4. The van der Waals surface area contributed by atoms with E-state index in [1.165, 1.54) is 17.3 Å². The number of carbonyl (C=O) groups is 1. The molecule has 1 atom stereocenters. The Kier molecular flexibility index (Phi) is 4.43. The van der Waals surface area contributed by atoms with Crippen LogP contribution in [0, 0.1) is 6.92 Å². The summed E-state index contributed by atoms with van der Waals surface area (Å²) in [5, 5.41) is 5.55. The fourth-order valence-electron chi connectivity index (χ4n) is 4.56. The number of hydrogen-bond acceptors (Lipinski definition) is 5. The van der Waals surface area contributed by atoms with E-state index in [0.29, 0.717) is 28.5 Å². The molecule has 2 aromatic carbocycles. The summed E-state index contributed by atoms with van der Waals surface area (Å²) in [5.74, 6) is 0.712. The number of para-hydroxylation sites is 1. The summed E-state index contributed by atoms with van der Waals surface area (Å²) < 4.78 is 3.39. The number of thioether (sulfide) groups is 1. The van der Waals surface area contributed by atoms with Crippen molar-refractivity contribution in [3.05, 3.63) is 76.2 Å². The molecule has 2 aliphatic heterocycles. The van der Waals surface area contributed by atoms with Gasteiger partial charge in [0.25, 0.3) is 5.56 Å². The van der Waals surface area contributed by atoms with Gasteiger partial charge in [0.2, 0.25) is 5.91 Å².